The molecule has 0 aliphatic carbocycles. The maximum atomic E-state index is 13.1. The van der Waals surface area contributed by atoms with E-state index in [1.54, 1.807) is 30.3 Å². The highest BCUT2D eigenvalue weighted by Crippen LogP contribution is 2.26. The Morgan fingerprint density at radius 1 is 0.857 bits per heavy atom. The van der Waals surface area contributed by atoms with Crippen molar-refractivity contribution in [1.82, 2.24) is 9.21 Å². The molecule has 1 fully saturated rings. The van der Waals surface area contributed by atoms with Gasteiger partial charge in [0, 0.05) is 32.2 Å². The quantitative estimate of drug-likeness (QED) is 0.461. The largest absolute Gasteiger partial charge is 0.497 e. The van der Waals surface area contributed by atoms with Gasteiger partial charge in [-0.1, -0.05) is 30.3 Å². The van der Waals surface area contributed by atoms with Gasteiger partial charge in [-0.05, 0) is 35.0 Å². The topological polar surface area (TPSA) is 102 Å². The van der Waals surface area contributed by atoms with Crippen molar-refractivity contribution >= 4 is 32.7 Å². The average molecular weight is 499 g/mol. The fraction of sp³-hybridized carbons (Fsp3) is 0.280. The van der Waals surface area contributed by atoms with Gasteiger partial charge in [0.15, 0.2) is 6.61 Å². The smallest absolute Gasteiger partial charge is 0.342 e. The summed E-state index contributed by atoms with van der Waals surface area (Å²) in [7, 11) is -0.775. The van der Waals surface area contributed by atoms with Crippen LogP contribution in [0, 0.1) is 0 Å². The molecule has 1 heterocycles. The fourth-order valence-corrected chi connectivity index (χ4v) is 5.38. The van der Waals surface area contributed by atoms with Crippen molar-refractivity contribution in [2.75, 3.05) is 47.0 Å². The maximum absolute atomic E-state index is 13.1. The summed E-state index contributed by atoms with van der Waals surface area (Å²) >= 11 is 0. The summed E-state index contributed by atoms with van der Waals surface area (Å²) in [6.07, 6.45) is 0. The molecule has 3 aromatic rings. The molecule has 35 heavy (non-hydrogen) atoms. The lowest BCUT2D eigenvalue weighted by atomic mass is 10.1. The van der Waals surface area contributed by atoms with Crippen molar-refractivity contribution in [1.29, 1.82) is 0 Å². The van der Waals surface area contributed by atoms with Crippen molar-refractivity contribution in [3.8, 4) is 11.5 Å². The second-order valence-corrected chi connectivity index (χ2v) is 9.87. The third-order valence-corrected chi connectivity index (χ3v) is 7.80. The van der Waals surface area contributed by atoms with Crippen LogP contribution in [0.25, 0.3) is 10.8 Å². The number of nitrogens with zero attached hydrogens (tertiary/aromatic N) is 2. The number of methoxy groups -OCH3 is 2. The number of esters is 1. The first-order chi connectivity index (χ1) is 16.8. The van der Waals surface area contributed by atoms with Crippen LogP contribution in [0.4, 0.5) is 0 Å². The van der Waals surface area contributed by atoms with E-state index < -0.39 is 28.5 Å². The van der Waals surface area contributed by atoms with Crippen LogP contribution in [0.5, 0.6) is 11.5 Å². The van der Waals surface area contributed by atoms with Gasteiger partial charge in [0.2, 0.25) is 10.0 Å². The Kier molecular flexibility index (Phi) is 7.23. The van der Waals surface area contributed by atoms with Crippen molar-refractivity contribution in [3.05, 3.63) is 66.2 Å². The molecule has 1 aliphatic rings. The highest BCUT2D eigenvalue weighted by atomic mass is 32.2. The lowest BCUT2D eigenvalue weighted by Crippen LogP contribution is -2.51. The predicted molar refractivity (Wildman–Crippen MR) is 129 cm³/mol. The van der Waals surface area contributed by atoms with Crippen LogP contribution in [0.2, 0.25) is 0 Å². The SMILES string of the molecule is COc1ccc(C(=O)OCC(=O)N2CCN(S(=O)(=O)c3ccc4ccccc4c3)CC2)c(OC)c1. The first kappa shape index (κ1) is 24.5. The van der Waals surface area contributed by atoms with Crippen molar-refractivity contribution in [2.45, 2.75) is 4.90 Å². The van der Waals surface area contributed by atoms with Gasteiger partial charge in [0.1, 0.15) is 17.1 Å². The van der Waals surface area contributed by atoms with Crippen LogP contribution in [-0.4, -0.2) is 76.5 Å². The summed E-state index contributed by atoms with van der Waals surface area (Å²) in [5.41, 5.74) is 0.174. The molecule has 4 rings (SSSR count). The number of carbonyl (C=O) groups excluding carboxylic acids is 2. The van der Waals surface area contributed by atoms with E-state index in [9.17, 15) is 18.0 Å². The van der Waals surface area contributed by atoms with E-state index in [0.29, 0.717) is 5.75 Å². The molecule has 0 aromatic heterocycles. The van der Waals surface area contributed by atoms with E-state index >= 15 is 0 Å². The Bertz CT molecular complexity index is 1350. The molecule has 9 nitrogen and oxygen atoms in total. The molecule has 10 heteroatoms. The molecule has 0 saturated carbocycles. The van der Waals surface area contributed by atoms with Gasteiger partial charge < -0.3 is 19.1 Å². The Labute approximate surface area is 203 Å². The zero-order valence-electron chi connectivity index (χ0n) is 19.5. The molecule has 1 aliphatic heterocycles. The predicted octanol–water partition coefficient (Wildman–Crippen LogP) is 2.55. The van der Waals surface area contributed by atoms with Gasteiger partial charge in [-0.3, -0.25) is 4.79 Å². The molecular weight excluding hydrogens is 472 g/mol. The first-order valence-corrected chi connectivity index (χ1v) is 12.4. The summed E-state index contributed by atoms with van der Waals surface area (Å²) in [6.45, 7) is 0.262. The van der Waals surface area contributed by atoms with Crippen LogP contribution < -0.4 is 9.47 Å². The summed E-state index contributed by atoms with van der Waals surface area (Å²) in [6, 6.07) is 17.2. The molecule has 0 N–H and O–H groups in total. The van der Waals surface area contributed by atoms with Crippen LogP contribution >= 0.6 is 0 Å². The molecule has 184 valence electrons. The molecule has 3 aromatic carbocycles. The van der Waals surface area contributed by atoms with E-state index in [1.807, 2.05) is 24.3 Å². The lowest BCUT2D eigenvalue weighted by molar-refractivity contribution is -0.135. The van der Waals surface area contributed by atoms with Gasteiger partial charge in [-0.15, -0.1) is 0 Å². The van der Waals surface area contributed by atoms with Crippen molar-refractivity contribution in [3.63, 3.8) is 0 Å². The summed E-state index contributed by atoms with van der Waals surface area (Å²) in [4.78, 5) is 26.7. The third-order valence-electron chi connectivity index (χ3n) is 5.91. The van der Waals surface area contributed by atoms with Crippen LogP contribution in [0.3, 0.4) is 0 Å². The van der Waals surface area contributed by atoms with E-state index in [2.05, 4.69) is 0 Å². The number of carbonyl (C=O) groups is 2. The number of amides is 1. The molecule has 0 unspecified atom stereocenters. The molecule has 1 saturated heterocycles. The Morgan fingerprint density at radius 3 is 2.26 bits per heavy atom. The van der Waals surface area contributed by atoms with Gasteiger partial charge >= 0.3 is 5.97 Å². The second-order valence-electron chi connectivity index (χ2n) is 7.94. The highest BCUT2D eigenvalue weighted by molar-refractivity contribution is 7.89. The lowest BCUT2D eigenvalue weighted by Gasteiger charge is -2.33. The average Bonchev–Trinajstić information content (AvgIpc) is 2.90. The fourth-order valence-electron chi connectivity index (χ4n) is 3.92. The second kappa shape index (κ2) is 10.3. The summed E-state index contributed by atoms with van der Waals surface area (Å²) in [5.74, 6) is -0.302. The Morgan fingerprint density at radius 2 is 1.57 bits per heavy atom. The Hall–Kier alpha value is -3.63. The van der Waals surface area contributed by atoms with Crippen molar-refractivity contribution in [2.24, 2.45) is 0 Å². The normalized spacial score (nSPS) is 14.5. The zero-order chi connectivity index (χ0) is 25.0. The number of ether oxygens (including phenoxy) is 3. The minimum absolute atomic E-state index is 0.154. The van der Waals surface area contributed by atoms with Crippen LogP contribution in [0.15, 0.2) is 65.6 Å². The van der Waals surface area contributed by atoms with E-state index in [-0.39, 0.29) is 42.4 Å². The van der Waals surface area contributed by atoms with Crippen molar-refractivity contribution < 1.29 is 32.2 Å². The van der Waals surface area contributed by atoms with E-state index in [0.717, 1.165) is 10.8 Å². The molecule has 0 radical (unpaired) electrons. The van der Waals surface area contributed by atoms with Gasteiger partial charge in [-0.2, -0.15) is 4.31 Å². The van der Waals surface area contributed by atoms with Gasteiger partial charge in [0.05, 0.1) is 19.1 Å². The van der Waals surface area contributed by atoms with Crippen LogP contribution in [-0.2, 0) is 19.6 Å². The number of piperazine rings is 1. The molecule has 0 atom stereocenters. The number of hydrogen-bond acceptors (Lipinski definition) is 7. The number of sulfonamides is 1. The van der Waals surface area contributed by atoms with E-state index in [4.69, 9.17) is 14.2 Å². The summed E-state index contributed by atoms with van der Waals surface area (Å²) in [5, 5.41) is 1.81. The number of rotatable bonds is 7. The van der Waals surface area contributed by atoms with Gasteiger partial charge in [0.25, 0.3) is 5.91 Å². The maximum Gasteiger partial charge on any atom is 0.342 e. The summed E-state index contributed by atoms with van der Waals surface area (Å²) < 4.78 is 43.1. The minimum atomic E-state index is -3.69. The van der Waals surface area contributed by atoms with E-state index in [1.165, 1.54) is 29.5 Å². The number of benzene rings is 3. The standard InChI is InChI=1S/C25H26N2O7S/c1-32-20-8-10-22(23(16-20)33-2)25(29)34-17-24(28)26-11-13-27(14-12-26)35(30,31)21-9-7-18-5-3-4-6-19(18)15-21/h3-10,15-16H,11-14,17H2,1-2H3. The zero-order valence-corrected chi connectivity index (χ0v) is 20.3. The first-order valence-electron chi connectivity index (χ1n) is 11.0. The molecule has 0 spiro atoms. The van der Waals surface area contributed by atoms with Crippen LogP contribution in [0.1, 0.15) is 10.4 Å². The monoisotopic (exact) mass is 498 g/mol. The number of hydrogen-bond donors (Lipinski definition) is 0. The number of fused-ring (bicyclic) bond motifs is 1. The highest BCUT2D eigenvalue weighted by Gasteiger charge is 2.30. The van der Waals surface area contributed by atoms with Gasteiger partial charge in [-0.25, -0.2) is 13.2 Å². The molecule has 0 bridgehead atoms. The third kappa shape index (κ3) is 5.23. The minimum Gasteiger partial charge on any atom is -0.497 e. The molecular formula is C25H26N2O7S. The molecule has 1 amide bonds. The Balaban J connectivity index is 1.34.